The molecule has 1 saturated heterocycles. The van der Waals surface area contributed by atoms with Crippen LogP contribution in [-0.2, 0) is 23.8 Å². The van der Waals surface area contributed by atoms with Crippen LogP contribution in [0.5, 0.6) is 0 Å². The highest BCUT2D eigenvalue weighted by atomic mass is 16.6. The lowest BCUT2D eigenvalue weighted by Crippen LogP contribution is -2.48. The van der Waals surface area contributed by atoms with Gasteiger partial charge in [-0.25, -0.2) is 0 Å². The summed E-state index contributed by atoms with van der Waals surface area (Å²) in [5, 5.41) is 21.3. The van der Waals surface area contributed by atoms with E-state index in [-0.39, 0.29) is 12.4 Å². The fraction of sp³-hybridized carbons (Fsp3) is 0.571. The Morgan fingerprint density at radius 2 is 2.23 bits per heavy atom. The standard InChI is InChI=1S/C14H17NO7/c1-3-4-21-8-5-7(13(18)15-14(8)19)11-12(20-2)10(17)9(6-16)22-11/h1,5,7,9-12,16-17H,4,6H2,2H3,(H,15,18,19)/t7?,9?,10?,11?,12-/m1/s1. The molecule has 0 aromatic rings. The Morgan fingerprint density at radius 1 is 1.50 bits per heavy atom. The first-order valence-electron chi connectivity index (χ1n) is 6.64. The van der Waals surface area contributed by atoms with Gasteiger partial charge in [-0.2, -0.15) is 0 Å². The Kier molecular flexibility index (Phi) is 5.15. The van der Waals surface area contributed by atoms with Crippen molar-refractivity contribution in [3.8, 4) is 12.3 Å². The summed E-state index contributed by atoms with van der Waals surface area (Å²) in [5.74, 6) is -0.0853. The van der Waals surface area contributed by atoms with E-state index in [0.29, 0.717) is 0 Å². The maximum atomic E-state index is 12.0. The number of rotatable bonds is 5. The predicted molar refractivity (Wildman–Crippen MR) is 72.1 cm³/mol. The van der Waals surface area contributed by atoms with E-state index in [2.05, 4.69) is 11.2 Å². The zero-order chi connectivity index (χ0) is 16.3. The molecule has 0 spiro atoms. The van der Waals surface area contributed by atoms with E-state index in [1.807, 2.05) is 0 Å². The van der Waals surface area contributed by atoms with E-state index in [0.717, 1.165) is 0 Å². The molecule has 4 unspecified atom stereocenters. The second-order valence-electron chi connectivity index (χ2n) is 4.88. The third-order valence-corrected chi connectivity index (χ3v) is 3.58. The molecule has 2 aliphatic heterocycles. The fourth-order valence-corrected chi connectivity index (χ4v) is 2.53. The van der Waals surface area contributed by atoms with Crippen molar-refractivity contribution in [3.63, 3.8) is 0 Å². The summed E-state index contributed by atoms with van der Waals surface area (Å²) in [7, 11) is 1.36. The predicted octanol–water partition coefficient (Wildman–Crippen LogP) is -2.07. The van der Waals surface area contributed by atoms with Gasteiger partial charge in [0, 0.05) is 7.11 Å². The van der Waals surface area contributed by atoms with E-state index in [4.69, 9.17) is 20.6 Å². The molecule has 0 saturated carbocycles. The van der Waals surface area contributed by atoms with Gasteiger partial charge < -0.3 is 24.4 Å². The smallest absolute Gasteiger partial charge is 0.292 e. The number of carbonyl (C=O) groups is 2. The van der Waals surface area contributed by atoms with Crippen LogP contribution in [-0.4, -0.2) is 66.8 Å². The van der Waals surface area contributed by atoms with E-state index in [9.17, 15) is 19.8 Å². The van der Waals surface area contributed by atoms with Gasteiger partial charge in [-0.1, -0.05) is 5.92 Å². The van der Waals surface area contributed by atoms with Crippen LogP contribution >= 0.6 is 0 Å². The first kappa shape index (κ1) is 16.5. The highest BCUT2D eigenvalue weighted by Gasteiger charge is 2.50. The molecule has 5 atom stereocenters. The maximum Gasteiger partial charge on any atom is 0.292 e. The molecular formula is C14H17NO7. The van der Waals surface area contributed by atoms with Gasteiger partial charge in [0.1, 0.15) is 31.0 Å². The summed E-state index contributed by atoms with van der Waals surface area (Å²) in [6, 6.07) is 0. The Morgan fingerprint density at radius 3 is 2.82 bits per heavy atom. The van der Waals surface area contributed by atoms with Crippen LogP contribution in [0.4, 0.5) is 0 Å². The van der Waals surface area contributed by atoms with Gasteiger partial charge in [0.05, 0.1) is 12.5 Å². The van der Waals surface area contributed by atoms with Crippen LogP contribution in [0.25, 0.3) is 0 Å². The van der Waals surface area contributed by atoms with Crippen molar-refractivity contribution in [2.45, 2.75) is 24.4 Å². The van der Waals surface area contributed by atoms with Crippen molar-refractivity contribution in [1.29, 1.82) is 0 Å². The topological polar surface area (TPSA) is 114 Å². The lowest BCUT2D eigenvalue weighted by molar-refractivity contribution is -0.138. The van der Waals surface area contributed by atoms with E-state index >= 15 is 0 Å². The number of methoxy groups -OCH3 is 1. The van der Waals surface area contributed by atoms with Gasteiger partial charge in [-0.05, 0) is 6.08 Å². The van der Waals surface area contributed by atoms with Gasteiger partial charge in [-0.3, -0.25) is 14.9 Å². The summed E-state index contributed by atoms with van der Waals surface area (Å²) in [6.07, 6.45) is 2.71. The molecule has 0 aromatic heterocycles. The number of hydrogen-bond acceptors (Lipinski definition) is 7. The van der Waals surface area contributed by atoms with Crippen molar-refractivity contribution in [2.24, 2.45) is 5.92 Å². The summed E-state index contributed by atoms with van der Waals surface area (Å²) in [6.45, 7) is -0.545. The third kappa shape index (κ3) is 2.98. The Labute approximate surface area is 127 Å². The van der Waals surface area contributed by atoms with Crippen LogP contribution in [0.15, 0.2) is 11.8 Å². The number of aliphatic hydroxyl groups excluding tert-OH is 2. The Hall–Kier alpha value is -1.92. The molecule has 22 heavy (non-hydrogen) atoms. The van der Waals surface area contributed by atoms with Gasteiger partial charge >= 0.3 is 0 Å². The average Bonchev–Trinajstić information content (AvgIpc) is 2.82. The molecule has 8 heteroatoms. The second-order valence-corrected chi connectivity index (χ2v) is 4.88. The van der Waals surface area contributed by atoms with Crippen molar-refractivity contribution < 1.29 is 34.0 Å². The van der Waals surface area contributed by atoms with Crippen LogP contribution in [0.3, 0.4) is 0 Å². The van der Waals surface area contributed by atoms with Gasteiger partial charge in [-0.15, -0.1) is 6.42 Å². The number of ether oxygens (including phenoxy) is 3. The van der Waals surface area contributed by atoms with Gasteiger partial charge in [0.2, 0.25) is 5.91 Å². The number of aliphatic hydroxyl groups is 2. The number of terminal acetylenes is 1. The molecule has 0 aliphatic carbocycles. The summed E-state index contributed by atoms with van der Waals surface area (Å²) in [5.41, 5.74) is 0. The quantitative estimate of drug-likeness (QED) is 0.395. The number of amides is 2. The summed E-state index contributed by atoms with van der Waals surface area (Å²) in [4.78, 5) is 23.7. The lowest BCUT2D eigenvalue weighted by atomic mass is 9.92. The van der Waals surface area contributed by atoms with Crippen LogP contribution < -0.4 is 5.32 Å². The minimum Gasteiger partial charge on any atom is -0.475 e. The molecule has 0 bridgehead atoms. The molecule has 8 nitrogen and oxygen atoms in total. The number of carbonyl (C=O) groups excluding carboxylic acids is 2. The molecular weight excluding hydrogens is 294 g/mol. The first-order valence-corrected chi connectivity index (χ1v) is 6.64. The average molecular weight is 311 g/mol. The number of nitrogens with one attached hydrogen (secondary N) is 1. The van der Waals surface area contributed by atoms with E-state index in [1.165, 1.54) is 13.2 Å². The first-order chi connectivity index (χ1) is 10.5. The van der Waals surface area contributed by atoms with Crippen molar-refractivity contribution in [1.82, 2.24) is 5.32 Å². The minimum atomic E-state index is -1.09. The molecule has 2 amide bonds. The molecule has 3 N–H and O–H groups in total. The van der Waals surface area contributed by atoms with Crippen molar-refractivity contribution in [3.05, 3.63) is 11.8 Å². The Balaban J connectivity index is 2.25. The summed E-state index contributed by atoms with van der Waals surface area (Å²) < 4.78 is 15.7. The lowest BCUT2D eigenvalue weighted by Gasteiger charge is -2.27. The SMILES string of the molecule is C#CCOC1=CC(C2OC(CO)C(O)[C@H]2OC)C(=O)NC1=O. The highest BCUT2D eigenvalue weighted by molar-refractivity contribution is 6.07. The van der Waals surface area contributed by atoms with Crippen molar-refractivity contribution in [2.75, 3.05) is 20.3 Å². The zero-order valence-electron chi connectivity index (χ0n) is 11.9. The van der Waals surface area contributed by atoms with Crippen LogP contribution in [0, 0.1) is 18.3 Å². The van der Waals surface area contributed by atoms with Gasteiger partial charge in [0.25, 0.3) is 5.91 Å². The largest absolute Gasteiger partial charge is 0.475 e. The third-order valence-electron chi connectivity index (χ3n) is 3.58. The normalized spacial score (nSPS) is 34.8. The molecule has 2 rings (SSSR count). The van der Waals surface area contributed by atoms with Crippen LogP contribution in [0.1, 0.15) is 0 Å². The van der Waals surface area contributed by atoms with Crippen LogP contribution in [0.2, 0.25) is 0 Å². The number of hydrogen-bond donors (Lipinski definition) is 3. The maximum absolute atomic E-state index is 12.0. The molecule has 120 valence electrons. The highest BCUT2D eigenvalue weighted by Crippen LogP contribution is 2.31. The molecule has 0 radical (unpaired) electrons. The zero-order valence-corrected chi connectivity index (χ0v) is 11.9. The Bertz CT molecular complexity index is 524. The minimum absolute atomic E-state index is 0.0945. The molecule has 2 aliphatic rings. The van der Waals surface area contributed by atoms with E-state index < -0.39 is 48.8 Å². The van der Waals surface area contributed by atoms with E-state index in [1.54, 1.807) is 0 Å². The molecule has 0 aromatic carbocycles. The molecule has 2 heterocycles. The monoisotopic (exact) mass is 311 g/mol. The van der Waals surface area contributed by atoms with Crippen molar-refractivity contribution >= 4 is 11.8 Å². The fourth-order valence-electron chi connectivity index (χ4n) is 2.53. The summed E-state index contributed by atoms with van der Waals surface area (Å²) >= 11 is 0. The van der Waals surface area contributed by atoms with Gasteiger partial charge in [0.15, 0.2) is 5.76 Å². The molecule has 1 fully saturated rings. The second kappa shape index (κ2) is 6.89. The number of imide groups is 1.